The Kier molecular flexibility index (Phi) is 9.32. The number of thiazole rings is 1. The van der Waals surface area contributed by atoms with Crippen LogP contribution in [0.2, 0.25) is 0 Å². The molecule has 0 saturated heterocycles. The molecule has 0 radical (unpaired) electrons. The van der Waals surface area contributed by atoms with E-state index in [-0.39, 0.29) is 32.3 Å². The molecule has 0 saturated carbocycles. The summed E-state index contributed by atoms with van der Waals surface area (Å²) < 4.78 is 118. The highest BCUT2D eigenvalue weighted by Crippen LogP contribution is 2.52. The fourth-order valence-electron chi connectivity index (χ4n) is 3.17. The van der Waals surface area contributed by atoms with E-state index in [1.165, 1.54) is 0 Å². The highest BCUT2D eigenvalue weighted by molar-refractivity contribution is 14.1. The van der Waals surface area contributed by atoms with Gasteiger partial charge in [0.15, 0.2) is 5.01 Å². The van der Waals surface area contributed by atoms with Gasteiger partial charge >= 0.3 is 18.5 Å². The lowest BCUT2D eigenvalue weighted by Crippen LogP contribution is -2.43. The Labute approximate surface area is 222 Å². The Morgan fingerprint density at radius 1 is 0.857 bits per heavy atom. The van der Waals surface area contributed by atoms with Crippen LogP contribution in [-0.2, 0) is 18.5 Å². The first-order valence-corrected chi connectivity index (χ1v) is 12.9. The SMILES string of the molecule is N#CC(C(CI)CI)(C(O)c1cc(C(F)(F)F)nc(C(F)(F)F)c1)C(O)c1csc(C(F)(F)F)n1. The van der Waals surface area contributed by atoms with Gasteiger partial charge < -0.3 is 10.2 Å². The maximum absolute atomic E-state index is 13.3. The largest absolute Gasteiger partial charge is 0.443 e. The Morgan fingerprint density at radius 2 is 1.34 bits per heavy atom. The molecule has 0 aliphatic carbocycles. The zero-order chi connectivity index (χ0) is 27.0. The Hall–Kier alpha value is -0.980. The van der Waals surface area contributed by atoms with Crippen LogP contribution in [0.5, 0.6) is 0 Å². The highest BCUT2D eigenvalue weighted by Gasteiger charge is 2.54. The molecule has 17 heteroatoms. The van der Waals surface area contributed by atoms with Gasteiger partial charge in [-0.3, -0.25) is 0 Å². The van der Waals surface area contributed by atoms with E-state index < -0.39 is 69.7 Å². The van der Waals surface area contributed by atoms with Crippen LogP contribution in [0.25, 0.3) is 0 Å². The number of rotatable bonds is 7. The van der Waals surface area contributed by atoms with E-state index in [1.807, 2.05) is 0 Å². The smallest absolute Gasteiger partial charge is 0.387 e. The lowest BCUT2D eigenvalue weighted by Gasteiger charge is -2.40. The van der Waals surface area contributed by atoms with Gasteiger partial charge in [-0.2, -0.15) is 44.8 Å². The number of aromatic nitrogens is 2. The number of aliphatic hydroxyl groups excluding tert-OH is 2. The van der Waals surface area contributed by atoms with Gasteiger partial charge in [0.2, 0.25) is 0 Å². The number of alkyl halides is 11. The molecule has 0 spiro atoms. The van der Waals surface area contributed by atoms with Crippen molar-refractivity contribution in [3.8, 4) is 6.07 Å². The maximum Gasteiger partial charge on any atom is 0.443 e. The highest BCUT2D eigenvalue weighted by atomic mass is 127. The number of pyridine rings is 1. The van der Waals surface area contributed by atoms with Crippen molar-refractivity contribution in [3.05, 3.63) is 45.2 Å². The Bertz CT molecular complexity index is 1050. The fourth-order valence-corrected chi connectivity index (χ4v) is 7.15. The van der Waals surface area contributed by atoms with E-state index in [0.29, 0.717) is 0 Å². The van der Waals surface area contributed by atoms with Crippen LogP contribution in [0.1, 0.15) is 39.9 Å². The number of aliphatic hydroxyl groups is 2. The molecule has 0 amide bonds. The van der Waals surface area contributed by atoms with Gasteiger partial charge in [0.1, 0.15) is 29.0 Å². The monoisotopic (exact) mass is 759 g/mol. The van der Waals surface area contributed by atoms with Crippen LogP contribution < -0.4 is 0 Å². The second-order valence-electron chi connectivity index (χ2n) is 7.10. The molecule has 3 atom stereocenters. The summed E-state index contributed by atoms with van der Waals surface area (Å²) >= 11 is 3.48. The van der Waals surface area contributed by atoms with Crippen molar-refractivity contribution >= 4 is 56.5 Å². The second-order valence-corrected chi connectivity index (χ2v) is 9.72. The van der Waals surface area contributed by atoms with Crippen LogP contribution in [-0.4, -0.2) is 29.0 Å². The zero-order valence-electron chi connectivity index (χ0n) is 16.7. The first kappa shape index (κ1) is 30.2. The molecule has 0 aliphatic heterocycles. The van der Waals surface area contributed by atoms with Gasteiger partial charge in [0.25, 0.3) is 0 Å². The minimum Gasteiger partial charge on any atom is -0.387 e. The number of nitrogens with zero attached hydrogens (tertiary/aromatic N) is 3. The predicted molar refractivity (Wildman–Crippen MR) is 121 cm³/mol. The molecule has 0 aromatic carbocycles. The lowest BCUT2D eigenvalue weighted by atomic mass is 9.67. The molecule has 2 heterocycles. The van der Waals surface area contributed by atoms with E-state index in [0.717, 1.165) is 5.38 Å². The van der Waals surface area contributed by atoms with E-state index in [4.69, 9.17) is 0 Å². The van der Waals surface area contributed by atoms with Gasteiger partial charge in [-0.25, -0.2) is 9.97 Å². The van der Waals surface area contributed by atoms with E-state index in [2.05, 4.69) is 9.97 Å². The number of nitriles is 1. The van der Waals surface area contributed by atoms with Gasteiger partial charge in [-0.15, -0.1) is 11.3 Å². The van der Waals surface area contributed by atoms with Crippen LogP contribution >= 0.6 is 56.5 Å². The minimum atomic E-state index is -5.37. The summed E-state index contributed by atoms with van der Waals surface area (Å²) in [7, 11) is 0. The fraction of sp³-hybridized carbons (Fsp3) is 0.500. The van der Waals surface area contributed by atoms with Crippen molar-refractivity contribution in [2.75, 3.05) is 8.86 Å². The van der Waals surface area contributed by atoms with Crippen LogP contribution in [0.15, 0.2) is 17.5 Å². The molecule has 0 fully saturated rings. The van der Waals surface area contributed by atoms with E-state index >= 15 is 0 Å². The average Bonchev–Trinajstić information content (AvgIpc) is 3.26. The number of hydrogen-bond acceptors (Lipinski definition) is 6. The Balaban J connectivity index is 2.79. The lowest BCUT2D eigenvalue weighted by molar-refractivity contribution is -0.150. The minimum absolute atomic E-state index is 0.0536. The number of halogens is 11. The molecule has 35 heavy (non-hydrogen) atoms. The summed E-state index contributed by atoms with van der Waals surface area (Å²) in [6, 6.07) is 1.76. The van der Waals surface area contributed by atoms with Crippen molar-refractivity contribution in [2.24, 2.45) is 11.3 Å². The van der Waals surface area contributed by atoms with Crippen molar-refractivity contribution < 1.29 is 49.7 Å². The summed E-state index contributed by atoms with van der Waals surface area (Å²) in [5, 5.41) is 31.4. The first-order chi connectivity index (χ1) is 15.9. The third-order valence-electron chi connectivity index (χ3n) is 4.94. The van der Waals surface area contributed by atoms with Gasteiger partial charge in [0.05, 0.1) is 11.8 Å². The van der Waals surface area contributed by atoms with Crippen LogP contribution in [0.4, 0.5) is 39.5 Å². The topological polar surface area (TPSA) is 90.0 Å². The summed E-state index contributed by atoms with van der Waals surface area (Å²) in [5.41, 5.74) is -8.38. The molecule has 0 aliphatic rings. The molecule has 3 unspecified atom stereocenters. The van der Waals surface area contributed by atoms with E-state index in [1.54, 1.807) is 51.3 Å². The van der Waals surface area contributed by atoms with Gasteiger partial charge in [-0.1, -0.05) is 45.2 Å². The normalized spacial score (nSPS) is 16.6. The van der Waals surface area contributed by atoms with Gasteiger partial charge in [0, 0.05) is 20.2 Å². The van der Waals surface area contributed by atoms with Crippen molar-refractivity contribution in [2.45, 2.75) is 30.7 Å². The molecule has 2 rings (SSSR count). The van der Waals surface area contributed by atoms with Crippen molar-refractivity contribution in [1.82, 2.24) is 9.97 Å². The Morgan fingerprint density at radius 3 is 1.69 bits per heavy atom. The quantitative estimate of drug-likeness (QED) is 0.195. The molecular formula is C18H12F9I2N3O2S. The molecule has 2 aromatic rings. The number of hydrogen-bond donors (Lipinski definition) is 2. The predicted octanol–water partition coefficient (Wildman–Crippen LogP) is 6.36. The third-order valence-corrected chi connectivity index (χ3v) is 7.97. The summed E-state index contributed by atoms with van der Waals surface area (Å²) in [4.78, 5) is 5.78. The van der Waals surface area contributed by atoms with Crippen molar-refractivity contribution in [1.29, 1.82) is 5.26 Å². The van der Waals surface area contributed by atoms with E-state index in [9.17, 15) is 55.0 Å². The summed E-state index contributed by atoms with van der Waals surface area (Å²) in [6.07, 6.45) is -20.5. The molecule has 5 nitrogen and oxygen atoms in total. The molecule has 0 bridgehead atoms. The summed E-state index contributed by atoms with van der Waals surface area (Å²) in [5.74, 6) is -1.11. The van der Waals surface area contributed by atoms with Crippen LogP contribution in [0, 0.1) is 22.7 Å². The third kappa shape index (κ3) is 6.30. The standard InChI is InChI=1S/C18H12F9I2N3O2S/c19-16(20,21)10-1-7(2-11(32-10)17(22,23)24)12(33)15(6-30,8(3-28)4-29)13(34)9-5-35-14(31-9)18(25,26)27/h1-2,5,8,12-13,33-34H,3-4H2. The average molecular weight is 759 g/mol. The maximum atomic E-state index is 13.3. The zero-order valence-corrected chi connectivity index (χ0v) is 21.8. The molecule has 2 aromatic heterocycles. The molecular weight excluding hydrogens is 747 g/mol. The second kappa shape index (κ2) is 10.8. The van der Waals surface area contributed by atoms with Crippen molar-refractivity contribution in [3.63, 3.8) is 0 Å². The van der Waals surface area contributed by atoms with Crippen LogP contribution in [0.3, 0.4) is 0 Å². The molecule has 194 valence electrons. The molecule has 2 N–H and O–H groups in total. The van der Waals surface area contributed by atoms with Gasteiger partial charge in [-0.05, 0) is 17.7 Å². The summed E-state index contributed by atoms with van der Waals surface area (Å²) in [6.45, 7) is 0. The first-order valence-electron chi connectivity index (χ1n) is 9.01.